The summed E-state index contributed by atoms with van der Waals surface area (Å²) in [6.45, 7) is 2.15. The highest BCUT2D eigenvalue weighted by Crippen LogP contribution is 2.35. The quantitative estimate of drug-likeness (QED) is 0.683. The van der Waals surface area contributed by atoms with Gasteiger partial charge in [0.05, 0.1) is 5.41 Å². The third kappa shape index (κ3) is 4.72. The van der Waals surface area contributed by atoms with Crippen molar-refractivity contribution >= 4 is 27.3 Å². The number of nitrogens with one attached hydrogen (secondary N) is 1. The van der Waals surface area contributed by atoms with E-state index in [1.54, 1.807) is 21.8 Å². The molecule has 2 aliphatic rings. The van der Waals surface area contributed by atoms with Gasteiger partial charge in [-0.1, -0.05) is 42.8 Å². The average molecular weight is 463 g/mol. The molecule has 4 rings (SSSR count). The summed E-state index contributed by atoms with van der Waals surface area (Å²) in [6, 6.07) is 13.3. The first-order chi connectivity index (χ1) is 15.0. The van der Waals surface area contributed by atoms with Crippen LogP contribution >= 0.6 is 11.3 Å². The predicted molar refractivity (Wildman–Crippen MR) is 122 cm³/mol. The summed E-state index contributed by atoms with van der Waals surface area (Å²) in [6.07, 6.45) is 4.66. The monoisotopic (exact) mass is 462 g/mol. The van der Waals surface area contributed by atoms with Gasteiger partial charge in [0.2, 0.25) is 5.91 Å². The Kier molecular flexibility index (Phi) is 7.11. The average Bonchev–Trinajstić information content (AvgIpc) is 3.36. The number of rotatable bonds is 7. The number of thiophene rings is 1. The van der Waals surface area contributed by atoms with Crippen LogP contribution in [-0.4, -0.2) is 51.0 Å². The SMILES string of the molecule is O=C(NCCC1CCCCN1S(=O)(=O)c1cccs1)C1(c2ccccc2)CCOCC1. The molecule has 8 heteroatoms. The number of hydrogen-bond donors (Lipinski definition) is 1. The van der Waals surface area contributed by atoms with Crippen molar-refractivity contribution in [1.82, 2.24) is 9.62 Å². The molecule has 3 heterocycles. The standard InChI is InChI=1S/C23H30N2O4S2/c26-22(23(12-16-29-17-13-23)19-7-2-1-3-8-19)24-14-11-20-9-4-5-15-25(20)31(27,28)21-10-6-18-30-21/h1-3,6-8,10,18,20H,4-5,9,11-17H2,(H,24,26). The van der Waals surface area contributed by atoms with Crippen LogP contribution in [0, 0.1) is 0 Å². The van der Waals surface area contributed by atoms with E-state index in [0.29, 0.717) is 49.8 Å². The van der Waals surface area contributed by atoms with Crippen molar-refractivity contribution in [2.75, 3.05) is 26.3 Å². The van der Waals surface area contributed by atoms with Crippen LogP contribution in [0.25, 0.3) is 0 Å². The minimum absolute atomic E-state index is 0.0190. The van der Waals surface area contributed by atoms with Crippen molar-refractivity contribution in [3.8, 4) is 0 Å². The fourth-order valence-electron chi connectivity index (χ4n) is 4.75. The van der Waals surface area contributed by atoms with Gasteiger partial charge in [-0.15, -0.1) is 11.3 Å². The maximum atomic E-state index is 13.3. The fourth-order valence-corrected chi connectivity index (χ4v) is 7.59. The lowest BCUT2D eigenvalue weighted by molar-refractivity contribution is -0.130. The van der Waals surface area contributed by atoms with E-state index < -0.39 is 15.4 Å². The van der Waals surface area contributed by atoms with Crippen molar-refractivity contribution in [2.45, 2.75) is 54.2 Å². The highest BCUT2D eigenvalue weighted by Gasteiger charge is 2.41. The second-order valence-corrected chi connectivity index (χ2v) is 11.4. The Morgan fingerprint density at radius 3 is 2.61 bits per heavy atom. The first-order valence-corrected chi connectivity index (χ1v) is 13.3. The molecule has 2 fully saturated rings. The molecule has 2 aromatic rings. The fraction of sp³-hybridized carbons (Fsp3) is 0.522. The van der Waals surface area contributed by atoms with E-state index in [0.717, 1.165) is 24.8 Å². The Labute approximate surface area is 188 Å². The second-order valence-electron chi connectivity index (χ2n) is 8.30. The molecule has 0 bridgehead atoms. The number of nitrogens with zero attached hydrogens (tertiary/aromatic N) is 1. The third-order valence-corrected chi connectivity index (χ3v) is 9.83. The zero-order valence-corrected chi connectivity index (χ0v) is 19.3. The Hall–Kier alpha value is -1.74. The van der Waals surface area contributed by atoms with E-state index in [2.05, 4.69) is 5.32 Å². The summed E-state index contributed by atoms with van der Waals surface area (Å²) in [4.78, 5) is 13.3. The van der Waals surface area contributed by atoms with Crippen LogP contribution < -0.4 is 5.32 Å². The van der Waals surface area contributed by atoms with Crippen LogP contribution in [-0.2, 0) is 25.0 Å². The summed E-state index contributed by atoms with van der Waals surface area (Å²) in [7, 11) is -3.47. The molecular formula is C23H30N2O4S2. The molecule has 168 valence electrons. The summed E-state index contributed by atoms with van der Waals surface area (Å²) in [5.74, 6) is 0.0190. The van der Waals surface area contributed by atoms with Gasteiger partial charge in [-0.05, 0) is 49.1 Å². The van der Waals surface area contributed by atoms with Crippen LogP contribution in [0.2, 0.25) is 0 Å². The highest BCUT2D eigenvalue weighted by molar-refractivity contribution is 7.91. The van der Waals surface area contributed by atoms with Crippen molar-refractivity contribution in [3.05, 3.63) is 53.4 Å². The maximum Gasteiger partial charge on any atom is 0.252 e. The lowest BCUT2D eigenvalue weighted by Crippen LogP contribution is -2.49. The Morgan fingerprint density at radius 1 is 1.13 bits per heavy atom. The second kappa shape index (κ2) is 9.81. The van der Waals surface area contributed by atoms with E-state index >= 15 is 0 Å². The first kappa shape index (κ1) is 22.5. The van der Waals surface area contributed by atoms with Crippen LogP contribution in [0.5, 0.6) is 0 Å². The van der Waals surface area contributed by atoms with Crippen molar-refractivity contribution in [3.63, 3.8) is 0 Å². The summed E-state index contributed by atoms with van der Waals surface area (Å²) in [5, 5.41) is 4.93. The lowest BCUT2D eigenvalue weighted by atomic mass is 9.73. The molecule has 0 spiro atoms. The predicted octanol–water partition coefficient (Wildman–Crippen LogP) is 3.55. The molecule has 1 aromatic heterocycles. The molecule has 0 saturated carbocycles. The van der Waals surface area contributed by atoms with Gasteiger partial charge in [-0.3, -0.25) is 4.79 Å². The van der Waals surface area contributed by atoms with Gasteiger partial charge in [-0.2, -0.15) is 4.31 Å². The van der Waals surface area contributed by atoms with Gasteiger partial charge >= 0.3 is 0 Å². The van der Waals surface area contributed by atoms with Gasteiger partial charge in [0.1, 0.15) is 4.21 Å². The lowest BCUT2D eigenvalue weighted by Gasteiger charge is -2.37. The smallest absolute Gasteiger partial charge is 0.252 e. The largest absolute Gasteiger partial charge is 0.381 e. The van der Waals surface area contributed by atoms with E-state index in [1.165, 1.54) is 11.3 Å². The van der Waals surface area contributed by atoms with Crippen LogP contribution in [0.1, 0.15) is 44.1 Å². The zero-order valence-electron chi connectivity index (χ0n) is 17.7. The molecule has 1 N–H and O–H groups in total. The van der Waals surface area contributed by atoms with E-state index in [1.807, 2.05) is 30.3 Å². The maximum absolute atomic E-state index is 13.3. The Bertz CT molecular complexity index is 955. The molecule has 31 heavy (non-hydrogen) atoms. The zero-order chi connectivity index (χ0) is 21.7. The first-order valence-electron chi connectivity index (χ1n) is 11.0. The van der Waals surface area contributed by atoms with Crippen LogP contribution in [0.15, 0.2) is 52.1 Å². The number of ether oxygens (including phenoxy) is 1. The van der Waals surface area contributed by atoms with Crippen molar-refractivity contribution < 1.29 is 17.9 Å². The number of sulfonamides is 1. The van der Waals surface area contributed by atoms with Crippen LogP contribution in [0.4, 0.5) is 0 Å². The van der Waals surface area contributed by atoms with Gasteiger partial charge in [-0.25, -0.2) is 8.42 Å². The molecule has 0 radical (unpaired) electrons. The molecular weight excluding hydrogens is 432 g/mol. The number of carbonyl (C=O) groups is 1. The molecule has 1 aromatic carbocycles. The van der Waals surface area contributed by atoms with E-state index in [-0.39, 0.29) is 11.9 Å². The number of hydrogen-bond acceptors (Lipinski definition) is 5. The van der Waals surface area contributed by atoms with E-state index in [9.17, 15) is 13.2 Å². The topological polar surface area (TPSA) is 75.7 Å². The molecule has 6 nitrogen and oxygen atoms in total. The third-order valence-electron chi connectivity index (χ3n) is 6.50. The molecule has 2 saturated heterocycles. The summed E-state index contributed by atoms with van der Waals surface area (Å²) >= 11 is 1.26. The van der Waals surface area contributed by atoms with E-state index in [4.69, 9.17) is 4.74 Å². The van der Waals surface area contributed by atoms with Gasteiger partial charge < -0.3 is 10.1 Å². The minimum Gasteiger partial charge on any atom is -0.381 e. The molecule has 0 aliphatic carbocycles. The number of amides is 1. The van der Waals surface area contributed by atoms with Gasteiger partial charge in [0.15, 0.2) is 0 Å². The number of piperidine rings is 1. The van der Waals surface area contributed by atoms with Crippen molar-refractivity contribution in [2.24, 2.45) is 0 Å². The van der Waals surface area contributed by atoms with Crippen LogP contribution in [0.3, 0.4) is 0 Å². The van der Waals surface area contributed by atoms with Crippen molar-refractivity contribution in [1.29, 1.82) is 0 Å². The minimum atomic E-state index is -3.47. The molecule has 1 unspecified atom stereocenters. The number of benzene rings is 1. The van der Waals surface area contributed by atoms with Gasteiger partial charge in [0, 0.05) is 32.3 Å². The Morgan fingerprint density at radius 2 is 1.90 bits per heavy atom. The number of carbonyl (C=O) groups excluding carboxylic acids is 1. The summed E-state index contributed by atoms with van der Waals surface area (Å²) < 4.78 is 33.7. The Balaban J connectivity index is 1.43. The molecule has 1 atom stereocenters. The van der Waals surface area contributed by atoms with Gasteiger partial charge in [0.25, 0.3) is 10.0 Å². The molecule has 1 amide bonds. The highest BCUT2D eigenvalue weighted by atomic mass is 32.2. The normalized spacial score (nSPS) is 22.1. The molecule has 2 aliphatic heterocycles. The summed E-state index contributed by atoms with van der Waals surface area (Å²) in [5.41, 5.74) is 0.449.